The van der Waals surface area contributed by atoms with Gasteiger partial charge in [-0.3, -0.25) is 4.79 Å². The molecule has 0 saturated heterocycles. The summed E-state index contributed by atoms with van der Waals surface area (Å²) in [5.74, 6) is -1.64. The number of esters is 1. The predicted molar refractivity (Wildman–Crippen MR) is 76.7 cm³/mol. The minimum Gasteiger partial charge on any atom is -0.481 e. The van der Waals surface area contributed by atoms with Gasteiger partial charge in [-0.1, -0.05) is 11.6 Å². The lowest BCUT2D eigenvalue weighted by atomic mass is 10.2. The number of hydrogen-bond donors (Lipinski definition) is 2. The number of hydrogen-bond acceptors (Lipinski definition) is 4. The second-order valence-electron chi connectivity index (χ2n) is 4.18. The highest BCUT2D eigenvalue weighted by Crippen LogP contribution is 2.21. The van der Waals surface area contributed by atoms with Crippen molar-refractivity contribution in [3.05, 3.63) is 28.8 Å². The van der Waals surface area contributed by atoms with Gasteiger partial charge in [0.1, 0.15) is 0 Å². The largest absolute Gasteiger partial charge is 0.481 e. The number of amides is 2. The number of urea groups is 1. The number of ether oxygens (including phenoxy) is 1. The summed E-state index contributed by atoms with van der Waals surface area (Å²) in [4.78, 5) is 35.2. The van der Waals surface area contributed by atoms with Crippen molar-refractivity contribution in [2.24, 2.45) is 0 Å². The van der Waals surface area contributed by atoms with E-state index in [1.165, 1.54) is 37.3 Å². The highest BCUT2D eigenvalue weighted by molar-refractivity contribution is 6.31. The molecule has 1 rings (SSSR count). The predicted octanol–water partition coefficient (Wildman–Crippen LogP) is 2.06. The van der Waals surface area contributed by atoms with Gasteiger partial charge in [-0.2, -0.15) is 0 Å². The Morgan fingerprint density at radius 2 is 2.05 bits per heavy atom. The number of aliphatic carboxylic acids is 1. The third-order valence-electron chi connectivity index (χ3n) is 2.64. The smallest absolute Gasteiger partial charge is 0.340 e. The van der Waals surface area contributed by atoms with E-state index in [1.807, 2.05) is 0 Å². The highest BCUT2D eigenvalue weighted by Gasteiger charge is 2.16. The third kappa shape index (κ3) is 4.96. The molecule has 2 N–H and O–H groups in total. The van der Waals surface area contributed by atoms with Gasteiger partial charge in [0.05, 0.1) is 24.8 Å². The molecule has 8 heteroatoms. The number of nitrogens with zero attached hydrogens (tertiary/aromatic N) is 1. The zero-order valence-electron chi connectivity index (χ0n) is 11.6. The number of carbonyl (C=O) groups is 3. The first-order valence-electron chi connectivity index (χ1n) is 5.97. The molecule has 0 heterocycles. The molecular weight excluding hydrogens is 300 g/mol. The molecule has 0 aliphatic carbocycles. The first kappa shape index (κ1) is 16.8. The van der Waals surface area contributed by atoms with Gasteiger partial charge >= 0.3 is 18.0 Å². The van der Waals surface area contributed by atoms with Crippen molar-refractivity contribution >= 4 is 35.3 Å². The zero-order chi connectivity index (χ0) is 16.0. The summed E-state index contributed by atoms with van der Waals surface area (Å²) in [7, 11) is 2.67. The molecule has 0 atom stereocenters. The Hall–Kier alpha value is -2.28. The molecule has 0 saturated carbocycles. The highest BCUT2D eigenvalue weighted by atomic mass is 35.5. The molecule has 0 aliphatic rings. The van der Waals surface area contributed by atoms with Crippen molar-refractivity contribution in [2.45, 2.75) is 6.42 Å². The molecule has 7 nitrogen and oxygen atoms in total. The van der Waals surface area contributed by atoms with E-state index in [9.17, 15) is 14.4 Å². The van der Waals surface area contributed by atoms with Gasteiger partial charge in [0.15, 0.2) is 0 Å². The van der Waals surface area contributed by atoms with Crippen LogP contribution in [-0.4, -0.2) is 48.7 Å². The number of anilines is 1. The normalized spacial score (nSPS) is 9.86. The quantitative estimate of drug-likeness (QED) is 0.811. The second kappa shape index (κ2) is 7.49. The molecule has 2 amide bonds. The van der Waals surface area contributed by atoms with Gasteiger partial charge in [0.2, 0.25) is 0 Å². The maximum Gasteiger partial charge on any atom is 0.340 e. The van der Waals surface area contributed by atoms with E-state index in [4.69, 9.17) is 16.7 Å². The number of benzene rings is 1. The Morgan fingerprint density at radius 3 is 2.62 bits per heavy atom. The van der Waals surface area contributed by atoms with Crippen LogP contribution in [0.2, 0.25) is 5.02 Å². The number of carbonyl (C=O) groups excluding carboxylic acids is 2. The minimum absolute atomic E-state index is 0.0440. The summed E-state index contributed by atoms with van der Waals surface area (Å²) in [6.45, 7) is 0.0440. The summed E-state index contributed by atoms with van der Waals surface area (Å²) in [5.41, 5.74) is 0.350. The monoisotopic (exact) mass is 314 g/mol. The van der Waals surface area contributed by atoms with Crippen molar-refractivity contribution in [1.82, 2.24) is 4.90 Å². The topological polar surface area (TPSA) is 95.9 Å². The maximum absolute atomic E-state index is 11.9. The molecule has 0 unspecified atom stereocenters. The number of nitrogens with one attached hydrogen (secondary N) is 1. The van der Waals surface area contributed by atoms with Gasteiger partial charge in [-0.15, -0.1) is 0 Å². The van der Waals surface area contributed by atoms with Crippen LogP contribution in [0.25, 0.3) is 0 Å². The lowest BCUT2D eigenvalue weighted by Crippen LogP contribution is -2.33. The zero-order valence-corrected chi connectivity index (χ0v) is 12.3. The second-order valence-corrected chi connectivity index (χ2v) is 4.61. The molecule has 0 spiro atoms. The minimum atomic E-state index is -1.00. The molecular formula is C13H15ClN2O5. The molecule has 1 aromatic rings. The first-order valence-corrected chi connectivity index (χ1v) is 6.34. The Balaban J connectivity index is 2.84. The van der Waals surface area contributed by atoms with E-state index in [0.717, 1.165) is 0 Å². The van der Waals surface area contributed by atoms with E-state index in [1.54, 1.807) is 0 Å². The van der Waals surface area contributed by atoms with Crippen LogP contribution in [0.5, 0.6) is 0 Å². The van der Waals surface area contributed by atoms with E-state index < -0.39 is 18.0 Å². The Kier molecular flexibility index (Phi) is 5.98. The molecule has 114 valence electrons. The van der Waals surface area contributed by atoms with Crippen LogP contribution < -0.4 is 5.32 Å². The first-order chi connectivity index (χ1) is 9.85. The molecule has 0 aliphatic heterocycles. The van der Waals surface area contributed by atoms with Crippen molar-refractivity contribution < 1.29 is 24.2 Å². The summed E-state index contributed by atoms with van der Waals surface area (Å²) < 4.78 is 4.61. The number of halogens is 1. The van der Waals surface area contributed by atoms with Crippen LogP contribution in [0.4, 0.5) is 10.5 Å². The van der Waals surface area contributed by atoms with Crippen molar-refractivity contribution in [3.8, 4) is 0 Å². The summed E-state index contributed by atoms with van der Waals surface area (Å²) in [6.07, 6.45) is -0.172. The molecule has 21 heavy (non-hydrogen) atoms. The van der Waals surface area contributed by atoms with Gasteiger partial charge in [-0.25, -0.2) is 9.59 Å². The van der Waals surface area contributed by atoms with E-state index in [2.05, 4.69) is 10.1 Å². The van der Waals surface area contributed by atoms with Crippen LogP contribution in [0.15, 0.2) is 18.2 Å². The average molecular weight is 315 g/mol. The Labute approximate surface area is 126 Å². The fourth-order valence-corrected chi connectivity index (χ4v) is 1.65. The van der Waals surface area contributed by atoms with Gasteiger partial charge < -0.3 is 20.1 Å². The lowest BCUT2D eigenvalue weighted by molar-refractivity contribution is -0.137. The lowest BCUT2D eigenvalue weighted by Gasteiger charge is -2.18. The molecule has 0 aromatic heterocycles. The summed E-state index contributed by atoms with van der Waals surface area (Å²) in [5, 5.41) is 11.4. The summed E-state index contributed by atoms with van der Waals surface area (Å²) in [6, 6.07) is 3.82. The fourth-order valence-electron chi connectivity index (χ4n) is 1.48. The van der Waals surface area contributed by atoms with Gasteiger partial charge in [-0.05, 0) is 18.2 Å². The van der Waals surface area contributed by atoms with E-state index in [-0.39, 0.29) is 24.2 Å². The molecule has 0 radical (unpaired) electrons. The van der Waals surface area contributed by atoms with Crippen molar-refractivity contribution in [3.63, 3.8) is 0 Å². The SMILES string of the molecule is COC(=O)c1cc(Cl)ccc1NC(=O)N(C)CCC(=O)O. The van der Waals surface area contributed by atoms with Gasteiger partial charge in [0.25, 0.3) is 0 Å². The number of carboxylic acid groups (broad SMARTS) is 1. The standard InChI is InChI=1S/C13H15ClN2O5/c1-16(6-5-11(17)18)13(20)15-10-4-3-8(14)7-9(10)12(19)21-2/h3-4,7H,5-6H2,1-2H3,(H,15,20)(H,17,18). The van der Waals surface area contributed by atoms with E-state index in [0.29, 0.717) is 5.02 Å². The van der Waals surface area contributed by atoms with Crippen molar-refractivity contribution in [1.29, 1.82) is 0 Å². The average Bonchev–Trinajstić information content (AvgIpc) is 2.45. The maximum atomic E-state index is 11.9. The Morgan fingerprint density at radius 1 is 1.38 bits per heavy atom. The third-order valence-corrected chi connectivity index (χ3v) is 2.87. The van der Waals surface area contributed by atoms with Crippen LogP contribution in [-0.2, 0) is 9.53 Å². The van der Waals surface area contributed by atoms with Crippen LogP contribution in [0.1, 0.15) is 16.8 Å². The molecule has 0 fully saturated rings. The van der Waals surface area contributed by atoms with E-state index >= 15 is 0 Å². The molecule has 0 bridgehead atoms. The van der Waals surface area contributed by atoms with Crippen LogP contribution in [0.3, 0.4) is 0 Å². The molecule has 1 aromatic carbocycles. The number of methoxy groups -OCH3 is 1. The van der Waals surface area contributed by atoms with Crippen molar-refractivity contribution in [2.75, 3.05) is 26.0 Å². The van der Waals surface area contributed by atoms with Crippen LogP contribution >= 0.6 is 11.6 Å². The fraction of sp³-hybridized carbons (Fsp3) is 0.308. The van der Waals surface area contributed by atoms with Gasteiger partial charge in [0, 0.05) is 18.6 Å². The van der Waals surface area contributed by atoms with Crippen LogP contribution in [0, 0.1) is 0 Å². The Bertz CT molecular complexity index is 561. The number of carboxylic acids is 1. The summed E-state index contributed by atoms with van der Waals surface area (Å²) >= 11 is 5.81. The number of rotatable bonds is 5.